The topological polar surface area (TPSA) is 52.1 Å². The number of aromatic nitrogens is 2. The first-order valence-corrected chi connectivity index (χ1v) is 5.15. The highest BCUT2D eigenvalue weighted by molar-refractivity contribution is 6.28. The Labute approximate surface area is 93.6 Å². The lowest BCUT2D eigenvalue weighted by Gasteiger charge is -2.02. The predicted molar refractivity (Wildman–Crippen MR) is 56.7 cm³/mol. The summed E-state index contributed by atoms with van der Waals surface area (Å²) >= 11 is 5.69. The van der Waals surface area contributed by atoms with Gasteiger partial charge in [0.2, 0.25) is 5.28 Å². The summed E-state index contributed by atoms with van der Waals surface area (Å²) in [6, 6.07) is 1.81. The Morgan fingerprint density at radius 2 is 2.27 bits per heavy atom. The Bertz CT molecular complexity index is 335. The second-order valence-electron chi connectivity index (χ2n) is 3.07. The predicted octanol–water partition coefficient (Wildman–Crippen LogP) is 1.93. The molecule has 0 saturated carbocycles. The van der Waals surface area contributed by atoms with E-state index in [9.17, 15) is 4.79 Å². The first-order chi connectivity index (χ1) is 7.11. The number of halogens is 1. The van der Waals surface area contributed by atoms with Gasteiger partial charge in [-0.25, -0.2) is 9.97 Å². The summed E-state index contributed by atoms with van der Waals surface area (Å²) in [6.07, 6.45) is 0.850. The highest BCUT2D eigenvalue weighted by Crippen LogP contribution is 2.07. The van der Waals surface area contributed by atoms with Crippen LogP contribution < -0.4 is 0 Å². The van der Waals surface area contributed by atoms with Crippen molar-refractivity contribution in [2.45, 2.75) is 26.7 Å². The van der Waals surface area contributed by atoms with E-state index in [4.69, 9.17) is 16.3 Å². The molecule has 4 nitrogen and oxygen atoms in total. The summed E-state index contributed by atoms with van der Waals surface area (Å²) in [6.45, 7) is 4.02. The van der Waals surface area contributed by atoms with Crippen LogP contribution in [0.1, 0.15) is 24.7 Å². The zero-order valence-electron chi connectivity index (χ0n) is 8.79. The molecule has 0 fully saturated rings. The third-order valence-electron chi connectivity index (χ3n) is 1.77. The molecule has 0 saturated heterocycles. The Hall–Kier alpha value is -1.16. The van der Waals surface area contributed by atoms with Gasteiger partial charge in [-0.1, -0.05) is 0 Å². The molecule has 0 aliphatic heterocycles. The molecule has 82 valence electrons. The monoisotopic (exact) mass is 228 g/mol. The van der Waals surface area contributed by atoms with Crippen LogP contribution >= 0.6 is 11.6 Å². The van der Waals surface area contributed by atoms with Crippen LogP contribution in [0.2, 0.25) is 5.28 Å². The molecule has 0 amide bonds. The fourth-order valence-corrected chi connectivity index (χ4v) is 1.43. The Kier molecular flexibility index (Phi) is 4.49. The molecule has 0 N–H and O–H groups in total. The van der Waals surface area contributed by atoms with Gasteiger partial charge in [0.1, 0.15) is 0 Å². The van der Waals surface area contributed by atoms with Crippen molar-refractivity contribution in [3.05, 3.63) is 22.7 Å². The molecule has 5 heteroatoms. The van der Waals surface area contributed by atoms with Gasteiger partial charge >= 0.3 is 5.97 Å². The number of aryl methyl sites for hydroxylation is 2. The van der Waals surface area contributed by atoms with Crippen molar-refractivity contribution < 1.29 is 9.53 Å². The largest absolute Gasteiger partial charge is 0.466 e. The van der Waals surface area contributed by atoms with E-state index in [-0.39, 0.29) is 11.3 Å². The van der Waals surface area contributed by atoms with Gasteiger partial charge in [-0.05, 0) is 31.5 Å². The molecular weight excluding hydrogens is 216 g/mol. The van der Waals surface area contributed by atoms with Crippen molar-refractivity contribution in [3.8, 4) is 0 Å². The zero-order chi connectivity index (χ0) is 11.3. The van der Waals surface area contributed by atoms with Gasteiger partial charge in [0.15, 0.2) is 0 Å². The molecule has 0 radical (unpaired) electrons. The van der Waals surface area contributed by atoms with Crippen molar-refractivity contribution in [3.63, 3.8) is 0 Å². The van der Waals surface area contributed by atoms with E-state index in [2.05, 4.69) is 9.97 Å². The van der Waals surface area contributed by atoms with Gasteiger partial charge in [0.25, 0.3) is 0 Å². The zero-order valence-corrected chi connectivity index (χ0v) is 9.54. The number of ether oxygens (including phenoxy) is 1. The Balaban J connectivity index is 2.54. The number of hydrogen-bond donors (Lipinski definition) is 0. The maximum Gasteiger partial charge on any atom is 0.306 e. The van der Waals surface area contributed by atoms with Gasteiger partial charge in [0, 0.05) is 17.8 Å². The van der Waals surface area contributed by atoms with Crippen LogP contribution in [0.3, 0.4) is 0 Å². The van der Waals surface area contributed by atoms with Crippen LogP contribution in [0, 0.1) is 6.92 Å². The summed E-state index contributed by atoms with van der Waals surface area (Å²) < 4.78 is 4.81. The average molecular weight is 229 g/mol. The van der Waals surface area contributed by atoms with Crippen molar-refractivity contribution in [2.75, 3.05) is 6.61 Å². The number of nitrogens with zero attached hydrogens (tertiary/aromatic N) is 2. The lowest BCUT2D eigenvalue weighted by molar-refractivity contribution is -0.143. The number of rotatable bonds is 4. The third kappa shape index (κ3) is 4.25. The van der Waals surface area contributed by atoms with E-state index in [0.29, 0.717) is 19.4 Å². The number of carbonyl (C=O) groups excluding carboxylic acids is 1. The molecule has 1 heterocycles. The number of hydrogen-bond acceptors (Lipinski definition) is 4. The Morgan fingerprint density at radius 1 is 1.53 bits per heavy atom. The summed E-state index contributed by atoms with van der Waals surface area (Å²) in [4.78, 5) is 19.0. The maximum absolute atomic E-state index is 11.1. The molecule has 1 aromatic rings. The van der Waals surface area contributed by atoms with Crippen LogP contribution in [-0.2, 0) is 16.0 Å². The van der Waals surface area contributed by atoms with Crippen LogP contribution in [0.25, 0.3) is 0 Å². The molecule has 0 bridgehead atoms. The minimum Gasteiger partial charge on any atom is -0.466 e. The normalized spacial score (nSPS) is 10.1. The molecule has 15 heavy (non-hydrogen) atoms. The standard InChI is InChI=1S/C10H13ClN2O2/c1-3-15-9(14)5-4-8-6-7(2)12-10(11)13-8/h6H,3-5H2,1-2H3. The molecule has 1 aromatic heterocycles. The van der Waals surface area contributed by atoms with Crippen molar-refractivity contribution >= 4 is 17.6 Å². The van der Waals surface area contributed by atoms with Crippen molar-refractivity contribution in [1.29, 1.82) is 0 Å². The molecule has 0 aromatic carbocycles. The van der Waals surface area contributed by atoms with Crippen LogP contribution in [-0.4, -0.2) is 22.5 Å². The highest BCUT2D eigenvalue weighted by Gasteiger charge is 2.05. The van der Waals surface area contributed by atoms with E-state index in [1.807, 2.05) is 13.0 Å². The van der Waals surface area contributed by atoms with Gasteiger partial charge in [0.05, 0.1) is 13.0 Å². The SMILES string of the molecule is CCOC(=O)CCc1cc(C)nc(Cl)n1. The smallest absolute Gasteiger partial charge is 0.306 e. The molecule has 0 spiro atoms. The first kappa shape index (κ1) is 11.9. The number of carbonyl (C=O) groups is 1. The summed E-state index contributed by atoms with van der Waals surface area (Å²) in [5.74, 6) is -0.218. The summed E-state index contributed by atoms with van der Waals surface area (Å²) in [5, 5.41) is 0.217. The van der Waals surface area contributed by atoms with E-state index < -0.39 is 0 Å². The molecule has 0 aliphatic rings. The minimum absolute atomic E-state index is 0.217. The van der Waals surface area contributed by atoms with E-state index in [1.54, 1.807) is 6.92 Å². The lowest BCUT2D eigenvalue weighted by atomic mass is 10.2. The van der Waals surface area contributed by atoms with Crippen LogP contribution in [0.15, 0.2) is 6.07 Å². The second kappa shape index (κ2) is 5.66. The average Bonchev–Trinajstić information content (AvgIpc) is 2.14. The fourth-order valence-electron chi connectivity index (χ4n) is 1.19. The summed E-state index contributed by atoms with van der Waals surface area (Å²) in [5.41, 5.74) is 1.56. The molecule has 0 aliphatic carbocycles. The van der Waals surface area contributed by atoms with Gasteiger partial charge < -0.3 is 4.74 Å². The van der Waals surface area contributed by atoms with Crippen LogP contribution in [0.4, 0.5) is 0 Å². The van der Waals surface area contributed by atoms with Gasteiger partial charge in [-0.2, -0.15) is 0 Å². The van der Waals surface area contributed by atoms with E-state index in [1.165, 1.54) is 0 Å². The fraction of sp³-hybridized carbons (Fsp3) is 0.500. The van der Waals surface area contributed by atoms with Crippen molar-refractivity contribution in [2.24, 2.45) is 0 Å². The van der Waals surface area contributed by atoms with Crippen molar-refractivity contribution in [1.82, 2.24) is 9.97 Å². The van der Waals surface area contributed by atoms with E-state index in [0.717, 1.165) is 11.4 Å². The maximum atomic E-state index is 11.1. The molecular formula is C10H13ClN2O2. The first-order valence-electron chi connectivity index (χ1n) is 4.77. The molecule has 0 unspecified atom stereocenters. The van der Waals surface area contributed by atoms with E-state index >= 15 is 0 Å². The molecule has 0 atom stereocenters. The second-order valence-corrected chi connectivity index (χ2v) is 3.41. The molecule has 1 rings (SSSR count). The third-order valence-corrected chi connectivity index (χ3v) is 1.94. The highest BCUT2D eigenvalue weighted by atomic mass is 35.5. The Morgan fingerprint density at radius 3 is 2.87 bits per heavy atom. The number of esters is 1. The van der Waals surface area contributed by atoms with Gasteiger partial charge in [-0.3, -0.25) is 4.79 Å². The van der Waals surface area contributed by atoms with Crippen LogP contribution in [0.5, 0.6) is 0 Å². The van der Waals surface area contributed by atoms with Gasteiger partial charge in [-0.15, -0.1) is 0 Å². The lowest BCUT2D eigenvalue weighted by Crippen LogP contribution is -2.06. The quantitative estimate of drug-likeness (QED) is 0.584. The minimum atomic E-state index is -0.218. The summed E-state index contributed by atoms with van der Waals surface area (Å²) in [7, 11) is 0.